The molecule has 1 saturated heterocycles. The van der Waals surface area contributed by atoms with E-state index in [0.717, 1.165) is 13.0 Å². The molecule has 100 valence electrons. The predicted octanol–water partition coefficient (Wildman–Crippen LogP) is 1.38. The van der Waals surface area contributed by atoms with Crippen LogP contribution in [0.3, 0.4) is 0 Å². The zero-order valence-corrected chi connectivity index (χ0v) is 10.2. The number of carboxylic acids is 1. The van der Waals surface area contributed by atoms with Crippen LogP contribution in [-0.4, -0.2) is 38.7 Å². The standard InChI is InChI=1S/C12H13N3O4/c16-12(17)8-3-1-5-15(8)7-10-13-11(19-14-10)9-4-2-6-18-9/h2,4,6,8H,1,3,5,7H2,(H,16,17). The third kappa shape index (κ3) is 2.37. The normalized spacial score (nSPS) is 19.9. The summed E-state index contributed by atoms with van der Waals surface area (Å²) in [5.41, 5.74) is 0. The lowest BCUT2D eigenvalue weighted by molar-refractivity contribution is -0.142. The topological polar surface area (TPSA) is 92.6 Å². The van der Waals surface area contributed by atoms with Gasteiger partial charge in [-0.3, -0.25) is 9.69 Å². The Balaban J connectivity index is 1.72. The van der Waals surface area contributed by atoms with Gasteiger partial charge in [0.2, 0.25) is 0 Å². The summed E-state index contributed by atoms with van der Waals surface area (Å²) < 4.78 is 10.2. The molecule has 1 atom stereocenters. The molecule has 19 heavy (non-hydrogen) atoms. The fourth-order valence-corrected chi connectivity index (χ4v) is 2.30. The quantitative estimate of drug-likeness (QED) is 0.890. The third-order valence-corrected chi connectivity index (χ3v) is 3.19. The van der Waals surface area contributed by atoms with Crippen LogP contribution in [0.5, 0.6) is 0 Å². The summed E-state index contributed by atoms with van der Waals surface area (Å²) in [5.74, 6) is 0.493. The van der Waals surface area contributed by atoms with E-state index in [1.807, 2.05) is 4.90 Å². The van der Waals surface area contributed by atoms with Gasteiger partial charge in [-0.05, 0) is 31.5 Å². The number of carboxylic acid groups (broad SMARTS) is 1. The number of nitrogens with zero attached hydrogens (tertiary/aromatic N) is 3. The first kappa shape index (κ1) is 11.9. The monoisotopic (exact) mass is 263 g/mol. The van der Waals surface area contributed by atoms with Crippen molar-refractivity contribution in [3.05, 3.63) is 24.2 Å². The van der Waals surface area contributed by atoms with Gasteiger partial charge in [-0.15, -0.1) is 0 Å². The smallest absolute Gasteiger partial charge is 0.320 e. The number of hydrogen-bond donors (Lipinski definition) is 1. The summed E-state index contributed by atoms with van der Waals surface area (Å²) in [5, 5.41) is 12.9. The molecule has 2 aromatic heterocycles. The van der Waals surface area contributed by atoms with E-state index in [4.69, 9.17) is 14.0 Å². The maximum Gasteiger partial charge on any atom is 0.320 e. The number of aliphatic carboxylic acids is 1. The molecule has 0 spiro atoms. The molecule has 3 rings (SSSR count). The number of likely N-dealkylation sites (tertiary alicyclic amines) is 1. The number of rotatable bonds is 4. The maximum atomic E-state index is 11.1. The zero-order valence-electron chi connectivity index (χ0n) is 10.2. The lowest BCUT2D eigenvalue weighted by Gasteiger charge is -2.18. The Morgan fingerprint density at radius 1 is 1.58 bits per heavy atom. The summed E-state index contributed by atoms with van der Waals surface area (Å²) in [6.45, 7) is 1.11. The van der Waals surface area contributed by atoms with E-state index in [2.05, 4.69) is 10.1 Å². The lowest BCUT2D eigenvalue weighted by Crippen LogP contribution is -2.35. The molecule has 3 heterocycles. The Labute approximate surface area is 108 Å². The average Bonchev–Trinajstić information content (AvgIpc) is 3.09. The van der Waals surface area contributed by atoms with Gasteiger partial charge in [0.05, 0.1) is 12.8 Å². The average molecular weight is 263 g/mol. The van der Waals surface area contributed by atoms with Gasteiger partial charge in [0.15, 0.2) is 11.6 Å². The van der Waals surface area contributed by atoms with E-state index in [-0.39, 0.29) is 0 Å². The molecule has 1 N–H and O–H groups in total. The van der Waals surface area contributed by atoms with Gasteiger partial charge >= 0.3 is 5.97 Å². The molecule has 0 amide bonds. The molecule has 1 aliphatic rings. The number of hydrogen-bond acceptors (Lipinski definition) is 6. The van der Waals surface area contributed by atoms with Crippen molar-refractivity contribution in [3.63, 3.8) is 0 Å². The molecule has 0 radical (unpaired) electrons. The molecule has 0 aliphatic carbocycles. The first-order chi connectivity index (χ1) is 9.24. The van der Waals surface area contributed by atoms with Crippen molar-refractivity contribution in [2.24, 2.45) is 0 Å². The van der Waals surface area contributed by atoms with E-state index >= 15 is 0 Å². The number of aromatic nitrogens is 2. The van der Waals surface area contributed by atoms with Crippen LogP contribution in [0.2, 0.25) is 0 Å². The minimum Gasteiger partial charge on any atom is -0.480 e. The van der Waals surface area contributed by atoms with Gasteiger partial charge in [0.25, 0.3) is 5.89 Å². The Bertz CT molecular complexity index is 563. The molecule has 1 unspecified atom stereocenters. The van der Waals surface area contributed by atoms with Crippen molar-refractivity contribution in [1.29, 1.82) is 0 Å². The molecule has 2 aromatic rings. The Morgan fingerprint density at radius 3 is 3.21 bits per heavy atom. The van der Waals surface area contributed by atoms with Crippen LogP contribution in [0.4, 0.5) is 0 Å². The second-order valence-corrected chi connectivity index (χ2v) is 4.46. The van der Waals surface area contributed by atoms with Gasteiger partial charge in [-0.1, -0.05) is 5.16 Å². The minimum atomic E-state index is -0.799. The second kappa shape index (κ2) is 4.85. The molecule has 1 fully saturated rings. The highest BCUT2D eigenvalue weighted by atomic mass is 16.5. The summed E-state index contributed by atoms with van der Waals surface area (Å²) >= 11 is 0. The number of carbonyl (C=O) groups is 1. The van der Waals surface area contributed by atoms with E-state index in [9.17, 15) is 4.79 Å². The van der Waals surface area contributed by atoms with Crippen molar-refractivity contribution >= 4 is 5.97 Å². The van der Waals surface area contributed by atoms with Crippen LogP contribution in [0.1, 0.15) is 18.7 Å². The fraction of sp³-hybridized carbons (Fsp3) is 0.417. The van der Waals surface area contributed by atoms with E-state index in [1.165, 1.54) is 6.26 Å². The highest BCUT2D eigenvalue weighted by molar-refractivity contribution is 5.73. The van der Waals surface area contributed by atoms with Crippen molar-refractivity contribution < 1.29 is 18.8 Å². The SMILES string of the molecule is O=C(O)C1CCCN1Cc1noc(-c2ccco2)n1. The van der Waals surface area contributed by atoms with Crippen LogP contribution in [0.15, 0.2) is 27.3 Å². The largest absolute Gasteiger partial charge is 0.480 e. The molecule has 0 bridgehead atoms. The third-order valence-electron chi connectivity index (χ3n) is 3.19. The van der Waals surface area contributed by atoms with Crippen LogP contribution < -0.4 is 0 Å². The van der Waals surface area contributed by atoms with E-state index in [0.29, 0.717) is 30.4 Å². The van der Waals surface area contributed by atoms with Crippen LogP contribution in [0.25, 0.3) is 11.7 Å². The van der Waals surface area contributed by atoms with Gasteiger partial charge in [0.1, 0.15) is 6.04 Å². The zero-order chi connectivity index (χ0) is 13.2. The molecule has 0 saturated carbocycles. The molecule has 7 nitrogen and oxygen atoms in total. The van der Waals surface area contributed by atoms with Crippen molar-refractivity contribution in [2.75, 3.05) is 6.54 Å². The van der Waals surface area contributed by atoms with Gasteiger partial charge < -0.3 is 14.0 Å². The van der Waals surface area contributed by atoms with Crippen molar-refractivity contribution in [2.45, 2.75) is 25.4 Å². The summed E-state index contributed by atoms with van der Waals surface area (Å²) in [6.07, 6.45) is 3.07. The Hall–Kier alpha value is -2.15. The molecule has 0 aromatic carbocycles. The highest BCUT2D eigenvalue weighted by Gasteiger charge is 2.31. The predicted molar refractivity (Wildman–Crippen MR) is 63.1 cm³/mol. The maximum absolute atomic E-state index is 11.1. The van der Waals surface area contributed by atoms with Crippen LogP contribution >= 0.6 is 0 Å². The van der Waals surface area contributed by atoms with Gasteiger partial charge in [-0.2, -0.15) is 4.98 Å². The first-order valence-corrected chi connectivity index (χ1v) is 6.07. The second-order valence-electron chi connectivity index (χ2n) is 4.46. The molecular weight excluding hydrogens is 250 g/mol. The molecule has 1 aliphatic heterocycles. The van der Waals surface area contributed by atoms with Crippen LogP contribution in [0, 0.1) is 0 Å². The fourth-order valence-electron chi connectivity index (χ4n) is 2.30. The number of furan rings is 1. The highest BCUT2D eigenvalue weighted by Crippen LogP contribution is 2.21. The lowest BCUT2D eigenvalue weighted by atomic mass is 10.2. The summed E-state index contributed by atoms with van der Waals surface area (Å²) in [7, 11) is 0. The summed E-state index contributed by atoms with van der Waals surface area (Å²) in [6, 6.07) is 3.01. The van der Waals surface area contributed by atoms with E-state index in [1.54, 1.807) is 12.1 Å². The van der Waals surface area contributed by atoms with Gasteiger partial charge in [0, 0.05) is 0 Å². The van der Waals surface area contributed by atoms with Crippen molar-refractivity contribution in [1.82, 2.24) is 15.0 Å². The van der Waals surface area contributed by atoms with Gasteiger partial charge in [-0.25, -0.2) is 0 Å². The molecule has 7 heteroatoms. The Kier molecular flexibility index (Phi) is 3.04. The summed E-state index contributed by atoms with van der Waals surface area (Å²) in [4.78, 5) is 17.1. The van der Waals surface area contributed by atoms with Crippen LogP contribution in [-0.2, 0) is 11.3 Å². The van der Waals surface area contributed by atoms with Crippen molar-refractivity contribution in [3.8, 4) is 11.7 Å². The first-order valence-electron chi connectivity index (χ1n) is 6.07. The Morgan fingerprint density at radius 2 is 2.47 bits per heavy atom. The molecular formula is C12H13N3O4. The van der Waals surface area contributed by atoms with E-state index < -0.39 is 12.0 Å². The minimum absolute atomic E-state index is 0.311.